The Morgan fingerprint density at radius 2 is 1.23 bits per heavy atom. The van der Waals surface area contributed by atoms with Crippen molar-refractivity contribution in [1.82, 2.24) is 0 Å². The minimum absolute atomic E-state index is 0.167. The van der Waals surface area contributed by atoms with Crippen molar-refractivity contribution < 1.29 is 39.5 Å². The van der Waals surface area contributed by atoms with Gasteiger partial charge in [-0.15, -0.1) is 0 Å². The van der Waals surface area contributed by atoms with Gasteiger partial charge in [0.25, 0.3) is 0 Å². The van der Waals surface area contributed by atoms with Crippen LogP contribution in [0.1, 0.15) is 48.5 Å². The molecule has 0 bridgehead atoms. The zero-order valence-corrected chi connectivity index (χ0v) is 22.3. The monoisotopic (exact) mass is 562 g/mol. The molecule has 4 aromatic rings. The SMILES string of the molecule is Cc1cc(Cc2ccc(O)c(C(=O)O)c2)c(OCCOc2ccccc2Cl)c(Cc2ccc(O)c(C(=O)O)c2)c1. The summed E-state index contributed by atoms with van der Waals surface area (Å²) in [5.41, 5.74) is 3.36. The number of hydrogen-bond donors (Lipinski definition) is 4. The molecule has 0 saturated carbocycles. The van der Waals surface area contributed by atoms with E-state index in [-0.39, 0.29) is 35.8 Å². The molecule has 4 rings (SSSR count). The van der Waals surface area contributed by atoms with E-state index >= 15 is 0 Å². The van der Waals surface area contributed by atoms with Crippen molar-refractivity contribution in [2.75, 3.05) is 13.2 Å². The van der Waals surface area contributed by atoms with Crippen LogP contribution in [-0.2, 0) is 12.8 Å². The summed E-state index contributed by atoms with van der Waals surface area (Å²) >= 11 is 6.18. The van der Waals surface area contributed by atoms with Crippen molar-refractivity contribution in [3.8, 4) is 23.0 Å². The van der Waals surface area contributed by atoms with Gasteiger partial charge in [-0.2, -0.15) is 0 Å². The maximum absolute atomic E-state index is 11.6. The Kier molecular flexibility index (Phi) is 8.81. The molecule has 0 atom stereocenters. The van der Waals surface area contributed by atoms with Crippen LogP contribution in [0, 0.1) is 6.92 Å². The van der Waals surface area contributed by atoms with E-state index in [1.54, 1.807) is 30.3 Å². The number of aromatic carboxylic acids is 2. The second-order valence-electron chi connectivity index (χ2n) is 9.21. The molecule has 0 aromatic heterocycles. The summed E-state index contributed by atoms with van der Waals surface area (Å²) in [7, 11) is 0. The molecule has 9 heteroatoms. The summed E-state index contributed by atoms with van der Waals surface area (Å²) in [6.07, 6.45) is 0.623. The van der Waals surface area contributed by atoms with Crippen LogP contribution in [0.2, 0.25) is 5.02 Å². The number of benzene rings is 4. The Morgan fingerprint density at radius 3 is 1.73 bits per heavy atom. The van der Waals surface area contributed by atoms with Crippen LogP contribution in [-0.4, -0.2) is 45.6 Å². The number of aryl methyl sites for hydroxylation is 1. The van der Waals surface area contributed by atoms with Crippen molar-refractivity contribution in [2.24, 2.45) is 0 Å². The largest absolute Gasteiger partial charge is 0.507 e. The molecule has 0 amide bonds. The Balaban J connectivity index is 1.67. The zero-order valence-electron chi connectivity index (χ0n) is 21.6. The van der Waals surface area contributed by atoms with Gasteiger partial charge < -0.3 is 29.9 Å². The van der Waals surface area contributed by atoms with Gasteiger partial charge in [0, 0.05) is 12.8 Å². The van der Waals surface area contributed by atoms with Crippen LogP contribution in [0.15, 0.2) is 72.8 Å². The lowest BCUT2D eigenvalue weighted by Gasteiger charge is -2.19. The fourth-order valence-corrected chi connectivity index (χ4v) is 4.59. The van der Waals surface area contributed by atoms with Crippen LogP contribution in [0.4, 0.5) is 0 Å². The predicted octanol–water partition coefficient (Wildman–Crippen LogP) is 6.10. The molecule has 4 N–H and O–H groups in total. The molecule has 0 aliphatic carbocycles. The minimum atomic E-state index is -1.24. The van der Waals surface area contributed by atoms with Crippen molar-refractivity contribution in [3.63, 3.8) is 0 Å². The van der Waals surface area contributed by atoms with Crippen LogP contribution < -0.4 is 9.47 Å². The second-order valence-corrected chi connectivity index (χ2v) is 9.61. The molecule has 0 radical (unpaired) electrons. The molecule has 8 nitrogen and oxygen atoms in total. The molecule has 0 heterocycles. The summed E-state index contributed by atoms with van der Waals surface area (Å²) in [4.78, 5) is 23.1. The zero-order chi connectivity index (χ0) is 28.8. The third kappa shape index (κ3) is 6.84. The first kappa shape index (κ1) is 28.3. The van der Waals surface area contributed by atoms with Gasteiger partial charge in [-0.05, 0) is 65.6 Å². The maximum Gasteiger partial charge on any atom is 0.339 e. The van der Waals surface area contributed by atoms with Crippen LogP contribution in [0.5, 0.6) is 23.0 Å². The minimum Gasteiger partial charge on any atom is -0.507 e. The molecule has 40 heavy (non-hydrogen) atoms. The van der Waals surface area contributed by atoms with E-state index in [9.17, 15) is 30.0 Å². The standard InChI is InChI=1S/C31H27ClO8/c1-18-12-21(14-19-6-8-26(33)23(16-19)30(35)36)29(40-11-10-39-28-5-3-2-4-25(28)32)22(13-18)15-20-7-9-27(34)24(17-20)31(37)38/h2-9,12-13,16-17,33-34H,10-11,14-15H2,1H3,(H,35,36)(H,37,38). The van der Waals surface area contributed by atoms with E-state index in [2.05, 4.69) is 0 Å². The lowest BCUT2D eigenvalue weighted by Crippen LogP contribution is -2.12. The van der Waals surface area contributed by atoms with Gasteiger partial charge in [0.2, 0.25) is 0 Å². The van der Waals surface area contributed by atoms with Crippen molar-refractivity contribution in [2.45, 2.75) is 19.8 Å². The number of phenols is 2. The van der Waals surface area contributed by atoms with Gasteiger partial charge in [0.15, 0.2) is 0 Å². The fourth-order valence-electron chi connectivity index (χ4n) is 4.40. The van der Waals surface area contributed by atoms with Crippen LogP contribution in [0.3, 0.4) is 0 Å². The highest BCUT2D eigenvalue weighted by molar-refractivity contribution is 6.32. The number of halogens is 1. The normalized spacial score (nSPS) is 10.8. The Bertz CT molecular complexity index is 1480. The van der Waals surface area contributed by atoms with E-state index < -0.39 is 11.9 Å². The van der Waals surface area contributed by atoms with Gasteiger partial charge in [-0.1, -0.05) is 53.6 Å². The van der Waals surface area contributed by atoms with Crippen molar-refractivity contribution >= 4 is 23.5 Å². The van der Waals surface area contributed by atoms with E-state index in [1.807, 2.05) is 25.1 Å². The summed E-state index contributed by atoms with van der Waals surface area (Å²) < 4.78 is 12.0. The summed E-state index contributed by atoms with van der Waals surface area (Å²) in [6.45, 7) is 2.28. The molecule has 0 fully saturated rings. The molecule has 0 aliphatic heterocycles. The summed E-state index contributed by atoms with van der Waals surface area (Å²) in [6, 6.07) is 19.8. The van der Waals surface area contributed by atoms with Crippen LogP contribution >= 0.6 is 11.6 Å². The maximum atomic E-state index is 11.6. The molecule has 4 aromatic carbocycles. The fraction of sp³-hybridized carbons (Fsp3) is 0.161. The summed E-state index contributed by atoms with van der Waals surface area (Å²) in [5.74, 6) is -2.05. The number of carboxylic acids is 2. The highest BCUT2D eigenvalue weighted by atomic mass is 35.5. The quantitative estimate of drug-likeness (QED) is 0.161. The second kappa shape index (κ2) is 12.4. The first-order chi connectivity index (χ1) is 19.1. The molecule has 0 aliphatic rings. The van der Waals surface area contributed by atoms with E-state index in [1.165, 1.54) is 24.3 Å². The van der Waals surface area contributed by atoms with Gasteiger partial charge >= 0.3 is 11.9 Å². The van der Waals surface area contributed by atoms with Gasteiger partial charge in [0.1, 0.15) is 47.3 Å². The highest BCUT2D eigenvalue weighted by Gasteiger charge is 2.17. The Hall–Kier alpha value is -4.69. The average molecular weight is 563 g/mol. The van der Waals surface area contributed by atoms with Gasteiger partial charge in [-0.3, -0.25) is 0 Å². The van der Waals surface area contributed by atoms with Crippen LogP contribution in [0.25, 0.3) is 0 Å². The molecule has 0 unspecified atom stereocenters. The highest BCUT2D eigenvalue weighted by Crippen LogP contribution is 2.32. The third-order valence-electron chi connectivity index (χ3n) is 6.18. The Labute approximate surface area is 235 Å². The molecule has 0 spiro atoms. The number of aromatic hydroxyl groups is 2. The number of rotatable bonds is 11. The number of ether oxygens (including phenoxy) is 2. The first-order valence-electron chi connectivity index (χ1n) is 12.3. The Morgan fingerprint density at radius 1 is 0.725 bits per heavy atom. The van der Waals surface area contributed by atoms with Crippen molar-refractivity contribution in [3.05, 3.63) is 117 Å². The van der Waals surface area contributed by atoms with Crippen molar-refractivity contribution in [1.29, 1.82) is 0 Å². The smallest absolute Gasteiger partial charge is 0.339 e. The molecule has 206 valence electrons. The molecular formula is C31H27ClO8. The number of para-hydroxylation sites is 1. The van der Waals surface area contributed by atoms with E-state index in [0.717, 1.165) is 16.7 Å². The van der Waals surface area contributed by atoms with E-state index in [0.29, 0.717) is 40.5 Å². The number of hydrogen-bond acceptors (Lipinski definition) is 6. The lowest BCUT2D eigenvalue weighted by molar-refractivity contribution is 0.0682. The summed E-state index contributed by atoms with van der Waals surface area (Å²) in [5, 5.41) is 39.2. The lowest BCUT2D eigenvalue weighted by atomic mass is 9.94. The first-order valence-corrected chi connectivity index (χ1v) is 12.7. The predicted molar refractivity (Wildman–Crippen MR) is 149 cm³/mol. The molecule has 0 saturated heterocycles. The van der Waals surface area contributed by atoms with Gasteiger partial charge in [0.05, 0.1) is 5.02 Å². The average Bonchev–Trinajstić information content (AvgIpc) is 2.90. The third-order valence-corrected chi connectivity index (χ3v) is 6.50. The topological polar surface area (TPSA) is 134 Å². The van der Waals surface area contributed by atoms with Gasteiger partial charge in [-0.25, -0.2) is 9.59 Å². The van der Waals surface area contributed by atoms with E-state index in [4.69, 9.17) is 21.1 Å². The number of carbonyl (C=O) groups is 2. The number of carboxylic acid groups (broad SMARTS) is 2. The molecular weight excluding hydrogens is 536 g/mol.